The molecular formula is C7H12O2Y-2. The molecule has 0 rings (SSSR count). The molecule has 0 N–H and O–H groups in total. The van der Waals surface area contributed by atoms with Gasteiger partial charge < -0.3 is 17.0 Å². The molecule has 0 aliphatic carbocycles. The number of rotatable bonds is 3. The van der Waals surface area contributed by atoms with Gasteiger partial charge in [-0.1, -0.05) is 19.8 Å². The molecule has 0 spiro atoms. The second kappa shape index (κ2) is 9.31. The number of carbonyl (C=O) groups is 2. The van der Waals surface area contributed by atoms with Crippen molar-refractivity contribution in [3.8, 4) is 0 Å². The van der Waals surface area contributed by atoms with E-state index in [4.69, 9.17) is 0 Å². The largest absolute Gasteiger partial charge is 0.403 e. The maximum Gasteiger partial charge on any atom is 0.0554 e. The molecule has 0 fully saturated rings. The van der Waals surface area contributed by atoms with Crippen molar-refractivity contribution in [2.45, 2.75) is 19.8 Å². The molecule has 0 saturated heterocycles. The van der Waals surface area contributed by atoms with E-state index < -0.39 is 5.78 Å². The first-order valence-electron chi connectivity index (χ1n) is 2.57. The zero-order valence-corrected chi connectivity index (χ0v) is 9.35. The summed E-state index contributed by atoms with van der Waals surface area (Å²) in [6.45, 7) is 4.82. The summed E-state index contributed by atoms with van der Waals surface area (Å²) in [6.07, 6.45) is 1.06. The summed E-state index contributed by atoms with van der Waals surface area (Å²) in [4.78, 5) is 20.4. The van der Waals surface area contributed by atoms with Crippen LogP contribution < -0.4 is 0 Å². The molecule has 3 heteroatoms. The van der Waals surface area contributed by atoms with Crippen molar-refractivity contribution in [1.29, 1.82) is 0 Å². The van der Waals surface area contributed by atoms with Gasteiger partial charge in [-0.2, -0.15) is 6.92 Å². The molecule has 57 valence electrons. The molecule has 10 heavy (non-hydrogen) atoms. The van der Waals surface area contributed by atoms with Crippen molar-refractivity contribution in [3.63, 3.8) is 0 Å². The second-order valence-electron chi connectivity index (χ2n) is 1.60. The van der Waals surface area contributed by atoms with Gasteiger partial charge in [0.05, 0.1) is 5.78 Å². The Morgan fingerprint density at radius 1 is 1.40 bits per heavy atom. The fraction of sp³-hybridized carbons (Fsp3) is 0.429. The molecule has 0 aromatic rings. The Balaban J connectivity index is -0.000000245. The fourth-order valence-corrected chi connectivity index (χ4v) is 0.366. The minimum Gasteiger partial charge on any atom is -0.403 e. The van der Waals surface area contributed by atoms with E-state index in [1.807, 2.05) is 6.92 Å². The van der Waals surface area contributed by atoms with Crippen LogP contribution in [-0.2, 0) is 42.3 Å². The summed E-state index contributed by atoms with van der Waals surface area (Å²) in [5.41, 5.74) is 0. The molecule has 0 aliphatic rings. The summed E-state index contributed by atoms with van der Waals surface area (Å²) in [6, 6.07) is 0. The van der Waals surface area contributed by atoms with Gasteiger partial charge >= 0.3 is 0 Å². The van der Waals surface area contributed by atoms with E-state index in [-0.39, 0.29) is 45.9 Å². The Kier molecular flexibility index (Phi) is 15.6. The molecule has 0 amide bonds. The zero-order chi connectivity index (χ0) is 6.57. The van der Waals surface area contributed by atoms with E-state index in [9.17, 15) is 9.59 Å². The molecule has 0 aliphatic heterocycles. The number of ketones is 2. The van der Waals surface area contributed by atoms with Crippen LogP contribution in [0.1, 0.15) is 19.8 Å². The molecule has 2 nitrogen and oxygen atoms in total. The van der Waals surface area contributed by atoms with Crippen LogP contribution >= 0.6 is 0 Å². The summed E-state index contributed by atoms with van der Waals surface area (Å²) in [5.74, 6) is -0.945. The fourth-order valence-electron chi connectivity index (χ4n) is 0.366. The third-order valence-corrected chi connectivity index (χ3v) is 0.788. The van der Waals surface area contributed by atoms with E-state index in [1.165, 1.54) is 0 Å². The van der Waals surface area contributed by atoms with Gasteiger partial charge in [0, 0.05) is 38.5 Å². The normalized spacial score (nSPS) is 6.90. The van der Waals surface area contributed by atoms with Crippen LogP contribution in [0.15, 0.2) is 0 Å². The van der Waals surface area contributed by atoms with Gasteiger partial charge in [0.2, 0.25) is 0 Å². The summed E-state index contributed by atoms with van der Waals surface area (Å²) in [5, 5.41) is 0. The number of hydrogen-bond acceptors (Lipinski definition) is 2. The van der Waals surface area contributed by atoms with Crippen LogP contribution in [-0.4, -0.2) is 11.6 Å². The first kappa shape index (κ1) is 16.7. The van der Waals surface area contributed by atoms with Gasteiger partial charge in [-0.3, -0.25) is 0 Å². The monoisotopic (exact) mass is 217 g/mol. The van der Waals surface area contributed by atoms with Crippen LogP contribution in [0.3, 0.4) is 0 Å². The number of hydrogen-bond donors (Lipinski definition) is 0. The molecule has 0 bridgehead atoms. The number of carbonyl (C=O) groups excluding carboxylic acids is 2. The Morgan fingerprint density at radius 2 is 1.80 bits per heavy atom. The molecule has 0 atom stereocenters. The molecular weight excluding hydrogens is 205 g/mol. The molecule has 0 saturated carbocycles. The van der Waals surface area contributed by atoms with Crippen molar-refractivity contribution in [1.82, 2.24) is 0 Å². The first-order chi connectivity index (χ1) is 3.68. The van der Waals surface area contributed by atoms with Crippen LogP contribution in [0.4, 0.5) is 0 Å². The van der Waals surface area contributed by atoms with Gasteiger partial charge in [0.15, 0.2) is 0 Å². The smallest absolute Gasteiger partial charge is 0.0554 e. The van der Waals surface area contributed by atoms with E-state index in [1.54, 1.807) is 0 Å². The number of Topliss-reactive ketones (excluding diaryl/α,β-unsaturated/α-hetero) is 2. The minimum atomic E-state index is -0.577. The Morgan fingerprint density at radius 3 is 1.90 bits per heavy atom. The van der Waals surface area contributed by atoms with E-state index in [2.05, 4.69) is 6.92 Å². The van der Waals surface area contributed by atoms with Crippen molar-refractivity contribution in [2.75, 3.05) is 0 Å². The topological polar surface area (TPSA) is 34.1 Å². The van der Waals surface area contributed by atoms with Crippen molar-refractivity contribution in [3.05, 3.63) is 14.4 Å². The van der Waals surface area contributed by atoms with Gasteiger partial charge in [0.1, 0.15) is 0 Å². The molecule has 0 aromatic heterocycles. The van der Waals surface area contributed by atoms with E-state index in [0.29, 0.717) is 6.42 Å². The third-order valence-electron chi connectivity index (χ3n) is 0.788. The quantitative estimate of drug-likeness (QED) is 0.525. The SMILES string of the molecule is [CH2-]C(=O)C(=O)CCC.[CH3-].[Y]. The Hall–Kier alpha value is 0.314. The minimum absolute atomic E-state index is 0. The predicted octanol–water partition coefficient (Wildman–Crippen LogP) is 1.21. The van der Waals surface area contributed by atoms with Crippen molar-refractivity contribution < 1.29 is 42.3 Å². The van der Waals surface area contributed by atoms with Crippen LogP contribution in [0.25, 0.3) is 0 Å². The maximum atomic E-state index is 10.3. The Labute approximate surface area is 87.6 Å². The summed E-state index contributed by atoms with van der Waals surface area (Å²) >= 11 is 0. The van der Waals surface area contributed by atoms with Crippen LogP contribution in [0, 0.1) is 14.4 Å². The first-order valence-corrected chi connectivity index (χ1v) is 2.57. The average molecular weight is 217 g/mol. The van der Waals surface area contributed by atoms with Gasteiger partial charge in [-0.25, -0.2) is 0 Å². The van der Waals surface area contributed by atoms with Gasteiger partial charge in [-0.05, 0) is 0 Å². The predicted molar refractivity (Wildman–Crippen MR) is 36.7 cm³/mol. The van der Waals surface area contributed by atoms with Gasteiger partial charge in [0.25, 0.3) is 0 Å². The summed E-state index contributed by atoms with van der Waals surface area (Å²) in [7, 11) is 0. The maximum absolute atomic E-state index is 10.3. The van der Waals surface area contributed by atoms with Gasteiger partial charge in [-0.15, -0.1) is 0 Å². The molecule has 1 radical (unpaired) electrons. The average Bonchev–Trinajstić information content (AvgIpc) is 1.67. The molecule has 0 heterocycles. The zero-order valence-electron chi connectivity index (χ0n) is 6.52. The molecule has 0 aromatic carbocycles. The van der Waals surface area contributed by atoms with Crippen molar-refractivity contribution in [2.24, 2.45) is 0 Å². The van der Waals surface area contributed by atoms with Crippen LogP contribution in [0.2, 0.25) is 0 Å². The summed E-state index contributed by atoms with van der Waals surface area (Å²) < 4.78 is 0. The van der Waals surface area contributed by atoms with E-state index >= 15 is 0 Å². The Bertz CT molecular complexity index is 110. The molecule has 0 unspecified atom stereocenters. The van der Waals surface area contributed by atoms with E-state index in [0.717, 1.165) is 6.42 Å². The van der Waals surface area contributed by atoms with Crippen molar-refractivity contribution >= 4 is 11.6 Å². The standard InChI is InChI=1S/C6H9O2.CH3.Y/c1-3-4-6(8)5(2)7;;/h2-4H2,1H3;1H3;/q2*-1;. The van der Waals surface area contributed by atoms with Crippen LogP contribution in [0.5, 0.6) is 0 Å². The second-order valence-corrected chi connectivity index (χ2v) is 1.60. The third kappa shape index (κ3) is 8.31.